The lowest BCUT2D eigenvalue weighted by molar-refractivity contribution is -0.0592. The van der Waals surface area contributed by atoms with Gasteiger partial charge in [-0.1, -0.05) is 23.7 Å². The van der Waals surface area contributed by atoms with Crippen LogP contribution in [-0.4, -0.2) is 72.4 Å². The second kappa shape index (κ2) is 11.0. The molecule has 5 heterocycles. The van der Waals surface area contributed by atoms with E-state index < -0.39 is 5.97 Å². The number of fused-ring (bicyclic) bond motifs is 2. The highest BCUT2D eigenvalue weighted by atomic mass is 35.5. The molecule has 2 unspecified atom stereocenters. The first kappa shape index (κ1) is 26.3. The van der Waals surface area contributed by atoms with Crippen molar-refractivity contribution < 1.29 is 19.4 Å². The van der Waals surface area contributed by atoms with Gasteiger partial charge in [0.2, 0.25) is 5.88 Å². The number of halogens is 1. The van der Waals surface area contributed by atoms with Crippen LogP contribution in [0.3, 0.4) is 0 Å². The van der Waals surface area contributed by atoms with Gasteiger partial charge in [0.1, 0.15) is 23.3 Å². The maximum atomic E-state index is 11.5. The molecule has 212 valence electrons. The average Bonchev–Trinajstić information content (AvgIpc) is 3.58. The third kappa shape index (κ3) is 5.64. The molecule has 0 spiro atoms. The first-order valence-corrected chi connectivity index (χ1v) is 14.5. The number of carbonyl (C=O) groups is 1. The normalized spacial score (nSPS) is 23.9. The number of rotatable bonds is 9. The van der Waals surface area contributed by atoms with E-state index in [0.717, 1.165) is 61.7 Å². The molecule has 41 heavy (non-hydrogen) atoms. The van der Waals surface area contributed by atoms with Crippen LogP contribution in [0.15, 0.2) is 48.7 Å². The van der Waals surface area contributed by atoms with Crippen LogP contribution in [0, 0.1) is 11.8 Å². The standard InChI is InChI=1S/C30H31ClN6O4/c31-21-3-1-18(2-4-21)11-26-32-9-7-28(35-26)41-23-12-19-14-36(15-20(19)13-23)17-27-33-24-5-6-25(30(38)39)34-29(24)37(27)16-22-8-10-40-22/h1-7,9,19-20,22-23H,8,10-17H2,(H,38,39)/t19?,20?,22-,23?/m0/s1. The quantitative estimate of drug-likeness (QED) is 0.313. The number of carboxylic acid groups (broad SMARTS) is 1. The van der Waals surface area contributed by atoms with E-state index in [2.05, 4.69) is 24.4 Å². The molecular formula is C30H31ClN6O4. The minimum absolute atomic E-state index is 0.0299. The lowest BCUT2D eigenvalue weighted by Crippen LogP contribution is -2.33. The first-order valence-electron chi connectivity index (χ1n) is 14.1. The summed E-state index contributed by atoms with van der Waals surface area (Å²) in [7, 11) is 0. The number of hydrogen-bond acceptors (Lipinski definition) is 8. The van der Waals surface area contributed by atoms with E-state index in [1.807, 2.05) is 30.3 Å². The summed E-state index contributed by atoms with van der Waals surface area (Å²) in [6.45, 7) is 4.05. The van der Waals surface area contributed by atoms with E-state index in [1.54, 1.807) is 12.3 Å². The second-order valence-corrected chi connectivity index (χ2v) is 11.7. The molecule has 1 saturated carbocycles. The largest absolute Gasteiger partial charge is 0.477 e. The Labute approximate surface area is 242 Å². The number of nitrogens with zero attached hydrogens (tertiary/aromatic N) is 6. The zero-order valence-corrected chi connectivity index (χ0v) is 23.3. The van der Waals surface area contributed by atoms with Crippen LogP contribution in [0.4, 0.5) is 0 Å². The van der Waals surface area contributed by atoms with Gasteiger partial charge in [0, 0.05) is 43.4 Å². The molecule has 10 nitrogen and oxygen atoms in total. The third-order valence-electron chi connectivity index (χ3n) is 8.46. The molecule has 11 heteroatoms. The number of aromatic nitrogens is 5. The van der Waals surface area contributed by atoms with Crippen LogP contribution in [0.2, 0.25) is 5.02 Å². The van der Waals surface area contributed by atoms with Gasteiger partial charge in [-0.05, 0) is 60.9 Å². The van der Waals surface area contributed by atoms with Gasteiger partial charge in [-0.3, -0.25) is 4.90 Å². The predicted octanol–water partition coefficient (Wildman–Crippen LogP) is 4.24. The Balaban J connectivity index is 0.990. The van der Waals surface area contributed by atoms with Crippen molar-refractivity contribution in [2.75, 3.05) is 19.7 Å². The van der Waals surface area contributed by atoms with Crippen LogP contribution < -0.4 is 4.74 Å². The van der Waals surface area contributed by atoms with Gasteiger partial charge in [0.05, 0.1) is 19.2 Å². The highest BCUT2D eigenvalue weighted by molar-refractivity contribution is 6.30. The van der Waals surface area contributed by atoms with Crippen LogP contribution >= 0.6 is 11.6 Å². The average molecular weight is 575 g/mol. The number of carboxylic acids is 1. The molecule has 1 aliphatic carbocycles. The van der Waals surface area contributed by atoms with Crippen LogP contribution in [0.1, 0.15) is 47.0 Å². The summed E-state index contributed by atoms with van der Waals surface area (Å²) < 4.78 is 14.1. The Hall–Kier alpha value is -3.60. The van der Waals surface area contributed by atoms with Crippen molar-refractivity contribution in [3.8, 4) is 5.88 Å². The first-order chi connectivity index (χ1) is 20.0. The summed E-state index contributed by atoms with van der Waals surface area (Å²) >= 11 is 6.01. The Morgan fingerprint density at radius 2 is 1.83 bits per heavy atom. The summed E-state index contributed by atoms with van der Waals surface area (Å²) in [4.78, 5) is 32.4. The van der Waals surface area contributed by atoms with Gasteiger partial charge in [-0.2, -0.15) is 4.98 Å². The van der Waals surface area contributed by atoms with E-state index in [4.69, 9.17) is 26.1 Å². The molecule has 3 fully saturated rings. The van der Waals surface area contributed by atoms with E-state index in [0.29, 0.717) is 47.9 Å². The zero-order chi connectivity index (χ0) is 27.9. The Morgan fingerprint density at radius 3 is 2.54 bits per heavy atom. The molecular weight excluding hydrogens is 544 g/mol. The van der Waals surface area contributed by atoms with Crippen LogP contribution in [-0.2, 0) is 24.2 Å². The number of aromatic carboxylic acids is 1. The lowest BCUT2D eigenvalue weighted by Gasteiger charge is -2.28. The zero-order valence-electron chi connectivity index (χ0n) is 22.5. The van der Waals surface area contributed by atoms with Crippen molar-refractivity contribution in [2.24, 2.45) is 11.8 Å². The SMILES string of the molecule is O=C(O)c1ccc2nc(CN3CC4CC(Oc5ccnc(Cc6ccc(Cl)cc6)n5)CC4C3)n(C[C@@H]3CCO3)c2n1. The molecule has 3 aliphatic rings. The van der Waals surface area contributed by atoms with Gasteiger partial charge >= 0.3 is 5.97 Å². The molecule has 0 radical (unpaired) electrons. The van der Waals surface area contributed by atoms with Crippen molar-refractivity contribution in [3.63, 3.8) is 0 Å². The molecule has 3 aromatic heterocycles. The van der Waals surface area contributed by atoms with Crippen molar-refractivity contribution in [2.45, 2.75) is 51.0 Å². The predicted molar refractivity (Wildman–Crippen MR) is 151 cm³/mol. The minimum Gasteiger partial charge on any atom is -0.477 e. The van der Waals surface area contributed by atoms with Gasteiger partial charge in [-0.25, -0.2) is 19.7 Å². The van der Waals surface area contributed by atoms with Gasteiger partial charge in [0.25, 0.3) is 0 Å². The van der Waals surface area contributed by atoms with Gasteiger partial charge < -0.3 is 19.1 Å². The Kier molecular flexibility index (Phi) is 7.06. The fourth-order valence-corrected chi connectivity index (χ4v) is 6.49. The van der Waals surface area contributed by atoms with E-state index >= 15 is 0 Å². The minimum atomic E-state index is -1.04. The monoisotopic (exact) mass is 574 g/mol. The molecule has 2 aliphatic heterocycles. The van der Waals surface area contributed by atoms with E-state index in [1.165, 1.54) is 6.07 Å². The fourth-order valence-electron chi connectivity index (χ4n) is 6.37. The molecule has 0 amide bonds. The van der Waals surface area contributed by atoms with Crippen molar-refractivity contribution in [3.05, 3.63) is 76.6 Å². The molecule has 0 bridgehead atoms. The fraction of sp³-hybridized carbons (Fsp3) is 0.433. The van der Waals surface area contributed by atoms with E-state index in [9.17, 15) is 9.90 Å². The van der Waals surface area contributed by atoms with Crippen molar-refractivity contribution in [1.29, 1.82) is 0 Å². The second-order valence-electron chi connectivity index (χ2n) is 11.3. The summed E-state index contributed by atoms with van der Waals surface area (Å²) in [6.07, 6.45) is 5.63. The van der Waals surface area contributed by atoms with Crippen molar-refractivity contribution in [1.82, 2.24) is 29.4 Å². The Morgan fingerprint density at radius 1 is 1.05 bits per heavy atom. The molecule has 2 saturated heterocycles. The van der Waals surface area contributed by atoms with Gasteiger partial charge in [-0.15, -0.1) is 0 Å². The maximum Gasteiger partial charge on any atom is 0.354 e. The summed E-state index contributed by atoms with van der Waals surface area (Å²) in [6, 6.07) is 12.8. The number of likely N-dealkylation sites (tertiary alicyclic amines) is 1. The molecule has 3 atom stereocenters. The van der Waals surface area contributed by atoms with Crippen LogP contribution in [0.25, 0.3) is 11.2 Å². The highest BCUT2D eigenvalue weighted by Crippen LogP contribution is 2.40. The van der Waals surface area contributed by atoms with Crippen LogP contribution in [0.5, 0.6) is 5.88 Å². The topological polar surface area (TPSA) is 115 Å². The molecule has 7 rings (SSSR count). The molecule has 1 N–H and O–H groups in total. The van der Waals surface area contributed by atoms with E-state index in [-0.39, 0.29) is 17.9 Å². The smallest absolute Gasteiger partial charge is 0.354 e. The van der Waals surface area contributed by atoms with Crippen molar-refractivity contribution >= 4 is 28.7 Å². The number of benzene rings is 1. The molecule has 4 aromatic rings. The number of pyridine rings is 1. The highest BCUT2D eigenvalue weighted by Gasteiger charge is 2.42. The summed E-state index contributed by atoms with van der Waals surface area (Å²) in [5.74, 6) is 2.35. The number of hydrogen-bond donors (Lipinski definition) is 1. The number of imidazole rings is 1. The summed E-state index contributed by atoms with van der Waals surface area (Å²) in [5.41, 5.74) is 2.47. The Bertz CT molecular complexity index is 1560. The lowest BCUT2D eigenvalue weighted by atomic mass is 10.0. The molecule has 1 aromatic carbocycles. The van der Waals surface area contributed by atoms with Gasteiger partial charge in [0.15, 0.2) is 11.3 Å². The third-order valence-corrected chi connectivity index (χ3v) is 8.71. The number of ether oxygens (including phenoxy) is 2. The maximum absolute atomic E-state index is 11.5. The summed E-state index contributed by atoms with van der Waals surface area (Å²) in [5, 5.41) is 10.2.